The molecule has 6 heteroatoms. The summed E-state index contributed by atoms with van der Waals surface area (Å²) in [5, 5.41) is 9.24. The standard InChI is InChI=1S/C18H19IN2O3/c1-5-22-16-8-13(7-15(19)17(16)23-6-2)10-21-18-14(9-20)11(3)12(4)24-18/h7-8,10H,5-6H2,1-4H3/b21-10+. The first-order valence-corrected chi connectivity index (χ1v) is 8.72. The molecular weight excluding hydrogens is 419 g/mol. The van der Waals surface area contributed by atoms with Crippen LogP contribution in [0.4, 0.5) is 5.88 Å². The second-order valence-electron chi connectivity index (χ2n) is 5.03. The third kappa shape index (κ3) is 3.90. The summed E-state index contributed by atoms with van der Waals surface area (Å²) in [4.78, 5) is 4.33. The van der Waals surface area contributed by atoms with Crippen LogP contribution < -0.4 is 9.47 Å². The maximum absolute atomic E-state index is 9.24. The van der Waals surface area contributed by atoms with Crippen LogP contribution in [0.1, 0.15) is 36.3 Å². The van der Waals surface area contributed by atoms with Crippen LogP contribution in [-0.2, 0) is 0 Å². The van der Waals surface area contributed by atoms with Crippen LogP contribution in [0.25, 0.3) is 0 Å². The van der Waals surface area contributed by atoms with Gasteiger partial charge in [0.2, 0.25) is 5.88 Å². The Morgan fingerprint density at radius 2 is 1.96 bits per heavy atom. The lowest BCUT2D eigenvalue weighted by molar-refractivity contribution is 0.286. The highest BCUT2D eigenvalue weighted by atomic mass is 127. The van der Waals surface area contributed by atoms with Crippen LogP contribution in [0.2, 0.25) is 0 Å². The van der Waals surface area contributed by atoms with Gasteiger partial charge < -0.3 is 13.9 Å². The number of rotatable bonds is 6. The number of halogens is 1. The van der Waals surface area contributed by atoms with E-state index in [-0.39, 0.29) is 0 Å². The molecule has 0 aliphatic heterocycles. The normalized spacial score (nSPS) is 10.8. The molecule has 0 spiro atoms. The molecule has 126 valence electrons. The molecule has 2 aromatic rings. The molecule has 0 saturated heterocycles. The number of nitriles is 1. The summed E-state index contributed by atoms with van der Waals surface area (Å²) in [6.45, 7) is 8.65. The van der Waals surface area contributed by atoms with E-state index in [9.17, 15) is 5.26 Å². The van der Waals surface area contributed by atoms with E-state index in [1.165, 1.54) is 0 Å². The van der Waals surface area contributed by atoms with Gasteiger partial charge in [0, 0.05) is 11.8 Å². The minimum absolute atomic E-state index is 0.328. The van der Waals surface area contributed by atoms with Crippen molar-refractivity contribution in [3.8, 4) is 17.6 Å². The summed E-state index contributed by atoms with van der Waals surface area (Å²) in [7, 11) is 0. The van der Waals surface area contributed by atoms with Gasteiger partial charge in [-0.3, -0.25) is 0 Å². The van der Waals surface area contributed by atoms with Crippen molar-refractivity contribution in [3.63, 3.8) is 0 Å². The first-order valence-electron chi connectivity index (χ1n) is 7.65. The molecule has 0 radical (unpaired) electrons. The fourth-order valence-electron chi connectivity index (χ4n) is 2.17. The van der Waals surface area contributed by atoms with Gasteiger partial charge in [-0.05, 0) is 68.0 Å². The Morgan fingerprint density at radius 3 is 2.58 bits per heavy atom. The fourth-order valence-corrected chi connectivity index (χ4v) is 2.96. The molecule has 24 heavy (non-hydrogen) atoms. The average molecular weight is 438 g/mol. The highest BCUT2D eigenvalue weighted by molar-refractivity contribution is 14.1. The predicted molar refractivity (Wildman–Crippen MR) is 102 cm³/mol. The summed E-state index contributed by atoms with van der Waals surface area (Å²) < 4.78 is 17.8. The summed E-state index contributed by atoms with van der Waals surface area (Å²) >= 11 is 2.21. The number of ether oxygens (including phenoxy) is 2. The van der Waals surface area contributed by atoms with Crippen molar-refractivity contribution < 1.29 is 13.9 Å². The number of aryl methyl sites for hydroxylation is 1. The maximum Gasteiger partial charge on any atom is 0.237 e. The van der Waals surface area contributed by atoms with Crippen LogP contribution in [0, 0.1) is 28.7 Å². The first kappa shape index (κ1) is 18.3. The molecular formula is C18H19IN2O3. The fraction of sp³-hybridized carbons (Fsp3) is 0.333. The molecule has 1 heterocycles. The lowest BCUT2D eigenvalue weighted by Gasteiger charge is -2.13. The highest BCUT2D eigenvalue weighted by Crippen LogP contribution is 2.34. The summed E-state index contributed by atoms with van der Waals surface area (Å²) in [6.07, 6.45) is 1.67. The number of aliphatic imine (C=N–C) groups is 1. The highest BCUT2D eigenvalue weighted by Gasteiger charge is 2.14. The molecule has 1 aromatic heterocycles. The summed E-state index contributed by atoms with van der Waals surface area (Å²) in [5.74, 6) is 2.45. The second-order valence-corrected chi connectivity index (χ2v) is 6.19. The molecule has 0 aliphatic rings. The Balaban J connectivity index is 2.40. The summed E-state index contributed by atoms with van der Waals surface area (Å²) in [6, 6.07) is 5.96. The van der Waals surface area contributed by atoms with E-state index in [0.29, 0.717) is 36.2 Å². The zero-order chi connectivity index (χ0) is 17.7. The zero-order valence-corrected chi connectivity index (χ0v) is 16.3. The molecule has 0 N–H and O–H groups in total. The van der Waals surface area contributed by atoms with Crippen LogP contribution in [0.5, 0.6) is 11.5 Å². The van der Waals surface area contributed by atoms with Crippen LogP contribution in [-0.4, -0.2) is 19.4 Å². The topological polar surface area (TPSA) is 67.8 Å². The Hall–Kier alpha value is -2.01. The van der Waals surface area contributed by atoms with Crippen molar-refractivity contribution in [1.82, 2.24) is 0 Å². The molecule has 0 unspecified atom stereocenters. The molecule has 0 amide bonds. The van der Waals surface area contributed by atoms with Gasteiger partial charge in [-0.15, -0.1) is 0 Å². The van der Waals surface area contributed by atoms with E-state index in [1.807, 2.05) is 39.8 Å². The van der Waals surface area contributed by atoms with E-state index in [4.69, 9.17) is 13.9 Å². The summed E-state index contributed by atoms with van der Waals surface area (Å²) in [5.41, 5.74) is 2.14. The van der Waals surface area contributed by atoms with Crippen molar-refractivity contribution in [2.75, 3.05) is 13.2 Å². The van der Waals surface area contributed by atoms with Crippen LogP contribution in [0.15, 0.2) is 21.5 Å². The number of benzene rings is 1. The van der Waals surface area contributed by atoms with Gasteiger partial charge in [-0.25, -0.2) is 4.99 Å². The molecule has 0 atom stereocenters. The van der Waals surface area contributed by atoms with E-state index in [2.05, 4.69) is 33.7 Å². The number of hydrogen-bond acceptors (Lipinski definition) is 5. The van der Waals surface area contributed by atoms with E-state index >= 15 is 0 Å². The molecule has 1 aromatic carbocycles. The third-order valence-electron chi connectivity index (χ3n) is 3.43. The maximum atomic E-state index is 9.24. The largest absolute Gasteiger partial charge is 0.490 e. The Kier molecular flexibility index (Phi) is 6.26. The van der Waals surface area contributed by atoms with Gasteiger partial charge in [0.15, 0.2) is 11.5 Å². The van der Waals surface area contributed by atoms with Gasteiger partial charge in [-0.1, -0.05) is 0 Å². The van der Waals surface area contributed by atoms with E-state index < -0.39 is 0 Å². The lowest BCUT2D eigenvalue weighted by Crippen LogP contribution is -2.01. The molecule has 2 rings (SSSR count). The molecule has 0 saturated carbocycles. The van der Waals surface area contributed by atoms with Crippen LogP contribution in [0.3, 0.4) is 0 Å². The third-order valence-corrected chi connectivity index (χ3v) is 4.23. The van der Waals surface area contributed by atoms with Gasteiger partial charge in [0.25, 0.3) is 0 Å². The SMILES string of the molecule is CCOc1cc(/C=N/c2oc(C)c(C)c2C#N)cc(I)c1OCC. The number of hydrogen-bond donors (Lipinski definition) is 0. The number of nitrogens with zero attached hydrogens (tertiary/aromatic N) is 2. The zero-order valence-electron chi connectivity index (χ0n) is 14.1. The predicted octanol–water partition coefficient (Wildman–Crippen LogP) is 4.92. The van der Waals surface area contributed by atoms with Gasteiger partial charge in [-0.2, -0.15) is 5.26 Å². The Bertz CT molecular complexity index is 804. The van der Waals surface area contributed by atoms with Gasteiger partial charge >= 0.3 is 0 Å². The van der Waals surface area contributed by atoms with Gasteiger partial charge in [0.1, 0.15) is 17.4 Å². The lowest BCUT2D eigenvalue weighted by atomic mass is 10.2. The Labute approximate surface area is 155 Å². The first-order chi connectivity index (χ1) is 11.5. The van der Waals surface area contributed by atoms with Crippen molar-refractivity contribution in [3.05, 3.63) is 38.2 Å². The van der Waals surface area contributed by atoms with Gasteiger partial charge in [0.05, 0.1) is 16.8 Å². The van der Waals surface area contributed by atoms with Crippen LogP contribution >= 0.6 is 22.6 Å². The second kappa shape index (κ2) is 8.20. The molecule has 0 aliphatic carbocycles. The monoisotopic (exact) mass is 438 g/mol. The van der Waals surface area contributed by atoms with Crippen molar-refractivity contribution in [2.45, 2.75) is 27.7 Å². The number of furan rings is 1. The minimum Gasteiger partial charge on any atom is -0.490 e. The van der Waals surface area contributed by atoms with E-state index in [0.717, 1.165) is 20.4 Å². The van der Waals surface area contributed by atoms with Crippen molar-refractivity contribution >= 4 is 34.7 Å². The molecule has 0 bridgehead atoms. The minimum atomic E-state index is 0.328. The quantitative estimate of drug-likeness (QED) is 0.474. The van der Waals surface area contributed by atoms with Crippen molar-refractivity contribution in [1.29, 1.82) is 5.26 Å². The smallest absolute Gasteiger partial charge is 0.237 e. The van der Waals surface area contributed by atoms with Crippen molar-refractivity contribution in [2.24, 2.45) is 4.99 Å². The van der Waals surface area contributed by atoms with E-state index in [1.54, 1.807) is 6.21 Å². The average Bonchev–Trinajstić information content (AvgIpc) is 2.83. The molecule has 5 nitrogen and oxygen atoms in total. The Morgan fingerprint density at radius 1 is 1.25 bits per heavy atom. The molecule has 0 fully saturated rings.